The van der Waals surface area contributed by atoms with Gasteiger partial charge >= 0.3 is 5.97 Å². The Morgan fingerprint density at radius 2 is 1.97 bits per heavy atom. The fourth-order valence-corrected chi connectivity index (χ4v) is 4.74. The maximum Gasteiger partial charge on any atom is 0.326 e. The first kappa shape index (κ1) is 22.3. The summed E-state index contributed by atoms with van der Waals surface area (Å²) in [5.74, 6) is -2.03. The number of nitrogens with zero attached hydrogens (tertiary/aromatic N) is 4. The van der Waals surface area contributed by atoms with Crippen LogP contribution in [-0.4, -0.2) is 59.9 Å². The molecule has 0 aliphatic carbocycles. The number of morpholine rings is 1. The predicted octanol–water partition coefficient (Wildman–Crippen LogP) is 3.85. The van der Waals surface area contributed by atoms with Crippen molar-refractivity contribution in [3.05, 3.63) is 47.8 Å². The van der Waals surface area contributed by atoms with Gasteiger partial charge in [-0.25, -0.2) is 18.6 Å². The van der Waals surface area contributed by atoms with Crippen molar-refractivity contribution in [3.63, 3.8) is 0 Å². The molecule has 4 heterocycles. The fourth-order valence-electron chi connectivity index (χ4n) is 4.74. The first-order valence-electron chi connectivity index (χ1n) is 11.3. The molecule has 0 amide bonds. The van der Waals surface area contributed by atoms with E-state index >= 15 is 4.39 Å². The van der Waals surface area contributed by atoms with Gasteiger partial charge in [0.05, 0.1) is 53.6 Å². The van der Waals surface area contributed by atoms with Crippen molar-refractivity contribution in [3.8, 4) is 0 Å². The summed E-state index contributed by atoms with van der Waals surface area (Å²) in [7, 11) is 0. The summed E-state index contributed by atoms with van der Waals surface area (Å²) in [6, 6.07) is 3.18. The summed E-state index contributed by atoms with van der Waals surface area (Å²) in [5.41, 5.74) is 2.65. The topological polar surface area (TPSA) is 90.8 Å². The van der Waals surface area contributed by atoms with Gasteiger partial charge in [0.2, 0.25) is 0 Å². The van der Waals surface area contributed by atoms with Gasteiger partial charge in [-0.1, -0.05) is 0 Å². The lowest BCUT2D eigenvalue weighted by atomic mass is 10.1. The minimum atomic E-state index is -0.943. The van der Waals surface area contributed by atoms with Crippen molar-refractivity contribution in [1.29, 1.82) is 0 Å². The van der Waals surface area contributed by atoms with E-state index in [-0.39, 0.29) is 10.9 Å². The van der Waals surface area contributed by atoms with Crippen molar-refractivity contribution in [2.45, 2.75) is 25.8 Å². The van der Waals surface area contributed by atoms with E-state index in [1.807, 2.05) is 6.07 Å². The Morgan fingerprint density at radius 1 is 1.18 bits per heavy atom. The summed E-state index contributed by atoms with van der Waals surface area (Å²) in [6.45, 7) is 5.02. The van der Waals surface area contributed by atoms with Gasteiger partial charge in [-0.15, -0.1) is 0 Å². The summed E-state index contributed by atoms with van der Waals surface area (Å²) in [5, 5.41) is 13.1. The highest BCUT2D eigenvalue weighted by Crippen LogP contribution is 2.39. The fraction of sp³-hybridized carbons (Fsp3) is 0.375. The third kappa shape index (κ3) is 4.09. The first-order valence-corrected chi connectivity index (χ1v) is 11.3. The summed E-state index contributed by atoms with van der Waals surface area (Å²) < 4.78 is 34.5. The molecule has 0 unspecified atom stereocenters. The van der Waals surface area contributed by atoms with Crippen LogP contribution >= 0.6 is 0 Å². The molecule has 8 nitrogen and oxygen atoms in total. The molecule has 2 aliphatic heterocycles. The molecule has 2 fully saturated rings. The van der Waals surface area contributed by atoms with Crippen LogP contribution in [0.5, 0.6) is 0 Å². The van der Waals surface area contributed by atoms with Crippen LogP contribution in [0.25, 0.3) is 10.9 Å². The highest BCUT2D eigenvalue weighted by molar-refractivity contribution is 5.98. The normalized spacial score (nSPS) is 18.5. The SMILES string of the molecule is Cc1c(N2CCC[C@@H]2C(=O)O)nc2cc(F)cc(F)c2c1Nc1cncc(N2CCOCC2)c1. The number of aromatic nitrogens is 2. The second-order valence-electron chi connectivity index (χ2n) is 8.56. The molecule has 2 aliphatic rings. The number of fused-ring (bicyclic) bond motifs is 1. The zero-order valence-electron chi connectivity index (χ0n) is 18.7. The molecule has 178 valence electrons. The molecule has 0 spiro atoms. The van der Waals surface area contributed by atoms with Crippen LogP contribution in [-0.2, 0) is 9.53 Å². The minimum absolute atomic E-state index is 0.119. The molecule has 34 heavy (non-hydrogen) atoms. The van der Waals surface area contributed by atoms with Crippen LogP contribution in [0.15, 0.2) is 30.6 Å². The Morgan fingerprint density at radius 3 is 2.74 bits per heavy atom. The van der Waals surface area contributed by atoms with Crippen LogP contribution in [0.3, 0.4) is 0 Å². The van der Waals surface area contributed by atoms with Crippen molar-refractivity contribution in [1.82, 2.24) is 9.97 Å². The number of pyridine rings is 2. The Hall–Kier alpha value is -3.53. The van der Waals surface area contributed by atoms with Crippen LogP contribution in [0.1, 0.15) is 18.4 Å². The quantitative estimate of drug-likeness (QED) is 0.583. The predicted molar refractivity (Wildman–Crippen MR) is 125 cm³/mol. The number of hydrogen-bond acceptors (Lipinski definition) is 7. The largest absolute Gasteiger partial charge is 0.480 e. The van der Waals surface area contributed by atoms with Gasteiger partial charge in [-0.2, -0.15) is 0 Å². The van der Waals surface area contributed by atoms with Crippen molar-refractivity contribution in [2.75, 3.05) is 48.0 Å². The van der Waals surface area contributed by atoms with E-state index in [4.69, 9.17) is 4.74 Å². The Labute approximate surface area is 195 Å². The lowest BCUT2D eigenvalue weighted by molar-refractivity contribution is -0.138. The van der Waals surface area contributed by atoms with E-state index < -0.39 is 23.6 Å². The van der Waals surface area contributed by atoms with Crippen LogP contribution in [0, 0.1) is 18.6 Å². The number of nitrogens with one attached hydrogen (secondary N) is 1. The summed E-state index contributed by atoms with van der Waals surface area (Å²) in [6.07, 6.45) is 4.58. The number of carbonyl (C=O) groups is 1. The number of anilines is 4. The minimum Gasteiger partial charge on any atom is -0.480 e. The van der Waals surface area contributed by atoms with E-state index in [9.17, 15) is 14.3 Å². The maximum absolute atomic E-state index is 15.0. The Bertz CT molecular complexity index is 1250. The third-order valence-electron chi connectivity index (χ3n) is 6.40. The summed E-state index contributed by atoms with van der Waals surface area (Å²) in [4.78, 5) is 24.5. The number of hydrogen-bond donors (Lipinski definition) is 2. The molecule has 1 atom stereocenters. The molecule has 3 aromatic rings. The lowest BCUT2D eigenvalue weighted by Crippen LogP contribution is -2.37. The van der Waals surface area contributed by atoms with Crippen molar-refractivity contribution < 1.29 is 23.4 Å². The Kier molecular flexibility index (Phi) is 5.91. The number of halogens is 2. The molecule has 0 radical (unpaired) electrons. The van der Waals surface area contributed by atoms with Crippen LogP contribution < -0.4 is 15.1 Å². The molecular weight excluding hydrogens is 444 g/mol. The van der Waals surface area contributed by atoms with E-state index in [2.05, 4.69) is 20.2 Å². The average molecular weight is 469 g/mol. The van der Waals surface area contributed by atoms with E-state index in [1.54, 1.807) is 24.2 Å². The second kappa shape index (κ2) is 9.02. The van der Waals surface area contributed by atoms with Gasteiger partial charge in [0.15, 0.2) is 0 Å². The van der Waals surface area contributed by atoms with E-state index in [1.165, 1.54) is 6.07 Å². The number of benzene rings is 1. The van der Waals surface area contributed by atoms with E-state index in [0.29, 0.717) is 55.4 Å². The first-order chi connectivity index (χ1) is 16.4. The summed E-state index contributed by atoms with van der Waals surface area (Å²) >= 11 is 0. The monoisotopic (exact) mass is 469 g/mol. The molecule has 2 saturated heterocycles. The molecule has 0 saturated carbocycles. The molecule has 1 aromatic carbocycles. The number of carboxylic acids is 1. The molecule has 2 N–H and O–H groups in total. The van der Waals surface area contributed by atoms with Gasteiger partial charge in [0.25, 0.3) is 0 Å². The van der Waals surface area contributed by atoms with E-state index in [0.717, 1.165) is 24.8 Å². The number of rotatable bonds is 5. The smallest absolute Gasteiger partial charge is 0.326 e. The van der Waals surface area contributed by atoms with Crippen molar-refractivity contribution in [2.24, 2.45) is 0 Å². The molecule has 10 heteroatoms. The number of aliphatic carboxylic acids is 1. The number of ether oxygens (including phenoxy) is 1. The van der Waals surface area contributed by atoms with Crippen LogP contribution in [0.2, 0.25) is 0 Å². The highest BCUT2D eigenvalue weighted by atomic mass is 19.1. The number of carboxylic acid groups (broad SMARTS) is 1. The molecule has 0 bridgehead atoms. The van der Waals surface area contributed by atoms with Gasteiger partial charge in [0.1, 0.15) is 23.5 Å². The zero-order chi connectivity index (χ0) is 23.8. The van der Waals surface area contributed by atoms with Gasteiger partial charge in [-0.05, 0) is 25.8 Å². The standard InChI is InChI=1S/C24H25F2N5O3/c1-14-22(28-16-11-17(13-27-12-16)30-5-7-34-8-6-30)21-18(26)9-15(25)10-19(21)29-23(14)31-4-2-3-20(31)24(32)33/h9-13,20H,2-8H2,1H3,(H,28,29)(H,32,33)/t20-/m1/s1. The third-order valence-corrected chi connectivity index (χ3v) is 6.40. The zero-order valence-corrected chi connectivity index (χ0v) is 18.7. The highest BCUT2D eigenvalue weighted by Gasteiger charge is 2.33. The molecular formula is C24H25F2N5O3. The lowest BCUT2D eigenvalue weighted by Gasteiger charge is -2.29. The maximum atomic E-state index is 15.0. The van der Waals surface area contributed by atoms with Crippen molar-refractivity contribution >= 4 is 39.8 Å². The van der Waals surface area contributed by atoms with Gasteiger partial charge < -0.3 is 25.0 Å². The molecule has 2 aromatic heterocycles. The van der Waals surface area contributed by atoms with Gasteiger partial charge in [-0.3, -0.25) is 4.98 Å². The average Bonchev–Trinajstić information content (AvgIpc) is 3.31. The molecule has 5 rings (SSSR count). The Balaban J connectivity index is 1.61. The van der Waals surface area contributed by atoms with Crippen LogP contribution in [0.4, 0.5) is 31.7 Å². The second-order valence-corrected chi connectivity index (χ2v) is 8.56. The van der Waals surface area contributed by atoms with Gasteiger partial charge in [0, 0.05) is 37.3 Å².